The maximum Gasteiger partial charge on any atom is 0.124 e. The Morgan fingerprint density at radius 3 is 2.15 bits per heavy atom. The highest BCUT2D eigenvalue weighted by Crippen LogP contribution is 2.30. The van der Waals surface area contributed by atoms with Gasteiger partial charge in [-0.05, 0) is 13.0 Å². The Balaban J connectivity index is 2.23. The van der Waals surface area contributed by atoms with Crippen molar-refractivity contribution in [1.29, 1.82) is 0 Å². The summed E-state index contributed by atoms with van der Waals surface area (Å²) >= 11 is 0. The predicted octanol–water partition coefficient (Wildman–Crippen LogP) is 3.58. The summed E-state index contributed by atoms with van der Waals surface area (Å²) in [6.45, 7) is 1.99. The number of aromatic hydroxyl groups is 1. The molecular formula is C16H19NO3. The molecule has 20 heavy (non-hydrogen) atoms. The second-order valence-electron chi connectivity index (χ2n) is 4.53. The zero-order valence-electron chi connectivity index (χ0n) is 11.9. The average molecular weight is 273 g/mol. The molecule has 0 aliphatic rings. The first kappa shape index (κ1) is 14.1. The van der Waals surface area contributed by atoms with Gasteiger partial charge < -0.3 is 19.9 Å². The van der Waals surface area contributed by atoms with E-state index < -0.39 is 0 Å². The molecule has 0 heterocycles. The van der Waals surface area contributed by atoms with Gasteiger partial charge in [-0.3, -0.25) is 0 Å². The van der Waals surface area contributed by atoms with Gasteiger partial charge in [-0.25, -0.2) is 0 Å². The summed E-state index contributed by atoms with van der Waals surface area (Å²) in [5, 5.41) is 13.2. The van der Waals surface area contributed by atoms with E-state index in [2.05, 4.69) is 5.32 Å². The average Bonchev–Trinajstić information content (AvgIpc) is 2.47. The third-order valence-corrected chi connectivity index (χ3v) is 3.14. The minimum atomic E-state index is -0.0342. The second-order valence-corrected chi connectivity index (χ2v) is 4.53. The Labute approximate surface area is 119 Å². The van der Waals surface area contributed by atoms with E-state index in [1.54, 1.807) is 26.4 Å². The molecule has 2 rings (SSSR count). The van der Waals surface area contributed by atoms with Gasteiger partial charge in [0.05, 0.1) is 20.3 Å². The van der Waals surface area contributed by atoms with E-state index in [4.69, 9.17) is 9.47 Å². The molecule has 0 fully saturated rings. The van der Waals surface area contributed by atoms with Crippen LogP contribution in [0.5, 0.6) is 17.2 Å². The van der Waals surface area contributed by atoms with Crippen LogP contribution in [0.1, 0.15) is 18.5 Å². The molecule has 4 nitrogen and oxygen atoms in total. The van der Waals surface area contributed by atoms with Crippen LogP contribution in [0.15, 0.2) is 42.5 Å². The fourth-order valence-electron chi connectivity index (χ4n) is 2.07. The largest absolute Gasteiger partial charge is 0.508 e. The Morgan fingerprint density at radius 2 is 1.60 bits per heavy atom. The highest BCUT2D eigenvalue weighted by Gasteiger charge is 2.10. The van der Waals surface area contributed by atoms with E-state index in [-0.39, 0.29) is 11.8 Å². The molecule has 0 aromatic heterocycles. The van der Waals surface area contributed by atoms with Crippen molar-refractivity contribution in [2.75, 3.05) is 19.5 Å². The molecule has 2 N–H and O–H groups in total. The van der Waals surface area contributed by atoms with Crippen LogP contribution >= 0.6 is 0 Å². The van der Waals surface area contributed by atoms with E-state index >= 15 is 0 Å². The topological polar surface area (TPSA) is 50.7 Å². The summed E-state index contributed by atoms with van der Waals surface area (Å²) in [5.74, 6) is 1.72. The molecule has 2 aromatic rings. The zero-order chi connectivity index (χ0) is 14.5. The predicted molar refractivity (Wildman–Crippen MR) is 79.7 cm³/mol. The fraction of sp³-hybridized carbons (Fsp3) is 0.250. The number of nitrogens with one attached hydrogen (secondary N) is 1. The monoisotopic (exact) mass is 273 g/mol. The number of phenolic OH excluding ortho intramolecular Hbond substituents is 1. The molecule has 106 valence electrons. The Bertz CT molecular complexity index is 561. The van der Waals surface area contributed by atoms with Crippen LogP contribution in [-0.2, 0) is 0 Å². The number of para-hydroxylation sites is 1. The van der Waals surface area contributed by atoms with Crippen molar-refractivity contribution < 1.29 is 14.6 Å². The van der Waals surface area contributed by atoms with Crippen molar-refractivity contribution in [2.45, 2.75) is 13.0 Å². The van der Waals surface area contributed by atoms with Gasteiger partial charge in [0.15, 0.2) is 0 Å². The zero-order valence-corrected chi connectivity index (χ0v) is 11.9. The van der Waals surface area contributed by atoms with Crippen LogP contribution in [0.25, 0.3) is 0 Å². The van der Waals surface area contributed by atoms with Crippen molar-refractivity contribution in [3.05, 3.63) is 48.0 Å². The summed E-state index contributed by atoms with van der Waals surface area (Å²) in [6, 6.07) is 12.8. The number of rotatable bonds is 5. The summed E-state index contributed by atoms with van der Waals surface area (Å²) < 4.78 is 10.5. The molecule has 4 heteroatoms. The lowest BCUT2D eigenvalue weighted by atomic mass is 10.1. The first-order valence-corrected chi connectivity index (χ1v) is 6.41. The fourth-order valence-corrected chi connectivity index (χ4v) is 2.07. The lowest BCUT2D eigenvalue weighted by molar-refractivity contribution is 0.394. The second kappa shape index (κ2) is 6.19. The van der Waals surface area contributed by atoms with Crippen molar-refractivity contribution in [3.8, 4) is 17.2 Å². The minimum absolute atomic E-state index is 0.0342. The number of benzene rings is 2. The molecule has 0 aliphatic carbocycles. The lowest BCUT2D eigenvalue weighted by Gasteiger charge is -2.18. The van der Waals surface area contributed by atoms with Crippen LogP contribution in [0.4, 0.5) is 5.69 Å². The molecule has 0 saturated carbocycles. The van der Waals surface area contributed by atoms with E-state index in [1.807, 2.05) is 37.3 Å². The smallest absolute Gasteiger partial charge is 0.124 e. The van der Waals surface area contributed by atoms with Gasteiger partial charge >= 0.3 is 0 Å². The van der Waals surface area contributed by atoms with Gasteiger partial charge in [0.25, 0.3) is 0 Å². The van der Waals surface area contributed by atoms with E-state index in [0.717, 1.165) is 22.7 Å². The number of methoxy groups -OCH3 is 2. The lowest BCUT2D eigenvalue weighted by Crippen LogP contribution is -2.07. The minimum Gasteiger partial charge on any atom is -0.508 e. The van der Waals surface area contributed by atoms with Crippen LogP contribution in [0, 0.1) is 0 Å². The van der Waals surface area contributed by atoms with Gasteiger partial charge in [0.2, 0.25) is 0 Å². The summed E-state index contributed by atoms with van der Waals surface area (Å²) in [4.78, 5) is 0. The Kier molecular flexibility index (Phi) is 4.35. The van der Waals surface area contributed by atoms with E-state index in [0.29, 0.717) is 0 Å². The molecule has 0 radical (unpaired) electrons. The van der Waals surface area contributed by atoms with Gasteiger partial charge in [-0.15, -0.1) is 0 Å². The Hall–Kier alpha value is -2.36. The summed E-state index contributed by atoms with van der Waals surface area (Å²) in [7, 11) is 3.23. The first-order chi connectivity index (χ1) is 9.63. The molecule has 1 atom stereocenters. The number of anilines is 1. The summed E-state index contributed by atoms with van der Waals surface area (Å²) in [5.41, 5.74) is 1.71. The van der Waals surface area contributed by atoms with Gasteiger partial charge in [0.1, 0.15) is 17.2 Å². The molecule has 0 amide bonds. The quantitative estimate of drug-likeness (QED) is 0.874. The molecular weight excluding hydrogens is 254 g/mol. The molecule has 0 spiro atoms. The van der Waals surface area contributed by atoms with Gasteiger partial charge in [-0.2, -0.15) is 0 Å². The number of phenols is 1. The van der Waals surface area contributed by atoms with Gasteiger partial charge in [-0.1, -0.05) is 18.2 Å². The normalized spacial score (nSPS) is 11.8. The molecule has 0 saturated heterocycles. The molecule has 1 unspecified atom stereocenters. The third-order valence-electron chi connectivity index (χ3n) is 3.14. The standard InChI is InChI=1S/C16H19NO3/c1-11(15-6-4-5-7-16(15)18)17-12-8-13(19-2)10-14(9-12)20-3/h4-11,17-18H,1-3H3. The number of hydrogen-bond acceptors (Lipinski definition) is 4. The van der Waals surface area contributed by atoms with Crippen LogP contribution < -0.4 is 14.8 Å². The van der Waals surface area contributed by atoms with Crippen LogP contribution in [0.3, 0.4) is 0 Å². The van der Waals surface area contributed by atoms with Gasteiger partial charge in [0, 0.05) is 29.4 Å². The number of hydrogen-bond donors (Lipinski definition) is 2. The molecule has 0 aliphatic heterocycles. The highest BCUT2D eigenvalue weighted by atomic mass is 16.5. The van der Waals surface area contributed by atoms with Crippen LogP contribution in [-0.4, -0.2) is 19.3 Å². The van der Waals surface area contributed by atoms with Crippen LogP contribution in [0.2, 0.25) is 0 Å². The van der Waals surface area contributed by atoms with E-state index in [9.17, 15) is 5.11 Å². The van der Waals surface area contributed by atoms with Crippen molar-refractivity contribution >= 4 is 5.69 Å². The highest BCUT2D eigenvalue weighted by molar-refractivity contribution is 5.55. The number of ether oxygens (including phenoxy) is 2. The van der Waals surface area contributed by atoms with E-state index in [1.165, 1.54) is 0 Å². The first-order valence-electron chi connectivity index (χ1n) is 6.41. The summed E-state index contributed by atoms with van der Waals surface area (Å²) in [6.07, 6.45) is 0. The maximum atomic E-state index is 9.87. The Morgan fingerprint density at radius 1 is 1.00 bits per heavy atom. The molecule has 2 aromatic carbocycles. The van der Waals surface area contributed by atoms with Crippen molar-refractivity contribution in [1.82, 2.24) is 0 Å². The van der Waals surface area contributed by atoms with Crippen molar-refractivity contribution in [3.63, 3.8) is 0 Å². The maximum absolute atomic E-state index is 9.87. The SMILES string of the molecule is COc1cc(NC(C)c2ccccc2O)cc(OC)c1. The molecule has 0 bridgehead atoms. The van der Waals surface area contributed by atoms with Crippen molar-refractivity contribution in [2.24, 2.45) is 0 Å². The third kappa shape index (κ3) is 3.15.